The Labute approximate surface area is 154 Å². The molecule has 1 aromatic rings. The van der Waals surface area contributed by atoms with Gasteiger partial charge in [-0.1, -0.05) is 62.8 Å². The van der Waals surface area contributed by atoms with Crippen molar-refractivity contribution in [3.63, 3.8) is 0 Å². The fourth-order valence-electron chi connectivity index (χ4n) is 2.93. The Morgan fingerprint density at radius 1 is 1.16 bits per heavy atom. The van der Waals surface area contributed by atoms with E-state index in [1.54, 1.807) is 0 Å². The quantitative estimate of drug-likeness (QED) is 0.436. The normalized spacial score (nSPS) is 23.8. The molecule has 1 aliphatic carbocycles. The molecular formula is C21H34O3Si. The fourth-order valence-corrected chi connectivity index (χ4v) is 4.29. The van der Waals surface area contributed by atoms with Crippen molar-refractivity contribution in [1.82, 2.24) is 0 Å². The van der Waals surface area contributed by atoms with Gasteiger partial charge >= 0.3 is 0 Å². The summed E-state index contributed by atoms with van der Waals surface area (Å²) in [4.78, 5) is 0. The van der Waals surface area contributed by atoms with Crippen LogP contribution in [0.5, 0.6) is 0 Å². The van der Waals surface area contributed by atoms with Gasteiger partial charge in [0, 0.05) is 0 Å². The lowest BCUT2D eigenvalue weighted by molar-refractivity contribution is 0.0657. The molecule has 0 spiro atoms. The second-order valence-electron chi connectivity index (χ2n) is 8.66. The molecule has 0 radical (unpaired) electrons. The van der Waals surface area contributed by atoms with E-state index in [1.807, 2.05) is 18.2 Å². The highest BCUT2D eigenvalue weighted by molar-refractivity contribution is 6.74. The van der Waals surface area contributed by atoms with Crippen LogP contribution in [0.3, 0.4) is 0 Å². The molecule has 140 valence electrons. The first-order chi connectivity index (χ1) is 11.7. The van der Waals surface area contributed by atoms with Crippen molar-refractivity contribution in [3.8, 4) is 0 Å². The summed E-state index contributed by atoms with van der Waals surface area (Å²) in [7, 11) is -1.80. The Bertz CT molecular complexity index is 560. The molecule has 0 heterocycles. The van der Waals surface area contributed by atoms with E-state index in [9.17, 15) is 5.11 Å². The zero-order valence-electron chi connectivity index (χ0n) is 16.4. The summed E-state index contributed by atoms with van der Waals surface area (Å²) >= 11 is 0. The third kappa shape index (κ3) is 6.37. The molecule has 25 heavy (non-hydrogen) atoms. The number of ether oxygens (including phenoxy) is 1. The maximum atomic E-state index is 10.2. The van der Waals surface area contributed by atoms with Crippen molar-refractivity contribution in [2.45, 2.75) is 77.0 Å². The molecule has 0 aliphatic heterocycles. The zero-order chi connectivity index (χ0) is 18.5. The van der Waals surface area contributed by atoms with E-state index in [2.05, 4.69) is 52.1 Å². The maximum absolute atomic E-state index is 10.2. The molecule has 0 aromatic heterocycles. The number of rotatable bonds is 6. The van der Waals surface area contributed by atoms with Gasteiger partial charge in [-0.25, -0.2) is 0 Å². The average Bonchev–Trinajstić information content (AvgIpc) is 2.50. The van der Waals surface area contributed by atoms with Gasteiger partial charge in [0.05, 0.1) is 25.4 Å². The lowest BCUT2D eigenvalue weighted by atomic mass is 9.90. The van der Waals surface area contributed by atoms with Crippen LogP contribution in [0.4, 0.5) is 0 Å². The Hall–Kier alpha value is -0.943. The first-order valence-electron chi connectivity index (χ1n) is 9.33. The average molecular weight is 363 g/mol. The van der Waals surface area contributed by atoms with Crippen LogP contribution in [0.15, 0.2) is 42.0 Å². The molecule has 3 nitrogen and oxygen atoms in total. The number of hydrogen-bond acceptors (Lipinski definition) is 3. The molecule has 1 fully saturated rings. The first kappa shape index (κ1) is 20.4. The van der Waals surface area contributed by atoms with Gasteiger partial charge in [0.2, 0.25) is 0 Å². The molecule has 1 aromatic carbocycles. The summed E-state index contributed by atoms with van der Waals surface area (Å²) in [5.74, 6) is 0. The highest BCUT2D eigenvalue weighted by Crippen LogP contribution is 2.39. The minimum atomic E-state index is -1.80. The van der Waals surface area contributed by atoms with Crippen molar-refractivity contribution in [2.75, 3.05) is 6.61 Å². The minimum Gasteiger partial charge on any atom is -0.414 e. The summed E-state index contributed by atoms with van der Waals surface area (Å²) in [5, 5.41) is 10.4. The Balaban J connectivity index is 1.86. The van der Waals surface area contributed by atoms with Crippen molar-refractivity contribution in [2.24, 2.45) is 0 Å². The third-order valence-corrected chi connectivity index (χ3v) is 9.93. The predicted octanol–water partition coefficient (Wildman–Crippen LogP) is 5.06. The van der Waals surface area contributed by atoms with Gasteiger partial charge in [-0.3, -0.25) is 0 Å². The molecular weight excluding hydrogens is 328 g/mol. The number of aliphatic hydroxyl groups is 1. The number of hydrogen-bond donors (Lipinski definition) is 1. The van der Waals surface area contributed by atoms with Gasteiger partial charge in [0.1, 0.15) is 0 Å². The van der Waals surface area contributed by atoms with Crippen molar-refractivity contribution in [3.05, 3.63) is 47.5 Å². The maximum Gasteiger partial charge on any atom is 0.192 e. The molecule has 1 saturated carbocycles. The van der Waals surface area contributed by atoms with Gasteiger partial charge in [0.25, 0.3) is 0 Å². The second kappa shape index (κ2) is 8.63. The van der Waals surface area contributed by atoms with Gasteiger partial charge in [-0.05, 0) is 43.0 Å². The first-order valence-corrected chi connectivity index (χ1v) is 12.2. The standard InChI is InChI=1S/C21H34O3Si/c1-21(2,3)25(4,5)24-20-14-18(13-19(22)15-20)11-12-23-16-17-9-7-6-8-10-17/h6-11,19-20,22H,12-16H2,1-5H3/b18-11-/t19-,20-/m1/s1. The van der Waals surface area contributed by atoms with Crippen LogP contribution in [0.1, 0.15) is 45.6 Å². The molecule has 0 bridgehead atoms. The van der Waals surface area contributed by atoms with E-state index in [1.165, 1.54) is 11.1 Å². The Kier molecular flexibility index (Phi) is 7.03. The summed E-state index contributed by atoms with van der Waals surface area (Å²) < 4.78 is 12.3. The number of aliphatic hydroxyl groups excluding tert-OH is 1. The molecule has 2 rings (SSSR count). The minimum absolute atomic E-state index is 0.130. The van der Waals surface area contributed by atoms with E-state index < -0.39 is 8.32 Å². The van der Waals surface area contributed by atoms with Crippen LogP contribution >= 0.6 is 0 Å². The lowest BCUT2D eigenvalue weighted by Gasteiger charge is -2.41. The second-order valence-corrected chi connectivity index (χ2v) is 13.4. The summed E-state index contributed by atoms with van der Waals surface area (Å²) in [6.45, 7) is 12.5. The molecule has 1 N–H and O–H groups in total. The predicted molar refractivity (Wildman–Crippen MR) is 106 cm³/mol. The summed E-state index contributed by atoms with van der Waals surface area (Å²) in [6.07, 6.45) is 4.36. The SMILES string of the molecule is CC(C)(C)[Si](C)(C)O[C@@H]1C/C(=C\COCc2ccccc2)C[C@@H](O)C1. The van der Waals surface area contributed by atoms with Crippen molar-refractivity contribution < 1.29 is 14.3 Å². The van der Waals surface area contributed by atoms with Gasteiger partial charge < -0.3 is 14.3 Å². The highest BCUT2D eigenvalue weighted by Gasteiger charge is 2.40. The van der Waals surface area contributed by atoms with Crippen molar-refractivity contribution >= 4 is 8.32 Å². The summed E-state index contributed by atoms with van der Waals surface area (Å²) in [6, 6.07) is 10.2. The van der Waals surface area contributed by atoms with E-state index >= 15 is 0 Å². The third-order valence-electron chi connectivity index (χ3n) is 5.39. The molecule has 2 atom stereocenters. The van der Waals surface area contributed by atoms with Crippen LogP contribution < -0.4 is 0 Å². The lowest BCUT2D eigenvalue weighted by Crippen LogP contribution is -2.45. The largest absolute Gasteiger partial charge is 0.414 e. The Morgan fingerprint density at radius 3 is 2.48 bits per heavy atom. The van der Waals surface area contributed by atoms with Crippen molar-refractivity contribution in [1.29, 1.82) is 0 Å². The van der Waals surface area contributed by atoms with E-state index in [-0.39, 0.29) is 17.2 Å². The van der Waals surface area contributed by atoms with Crippen LogP contribution in [0, 0.1) is 0 Å². The molecule has 4 heteroatoms. The number of benzene rings is 1. The molecule has 0 saturated heterocycles. The Morgan fingerprint density at radius 2 is 1.84 bits per heavy atom. The highest BCUT2D eigenvalue weighted by atomic mass is 28.4. The van der Waals surface area contributed by atoms with Crippen LogP contribution in [-0.2, 0) is 15.8 Å². The zero-order valence-corrected chi connectivity index (χ0v) is 17.4. The van der Waals surface area contributed by atoms with Crippen LogP contribution in [0.25, 0.3) is 0 Å². The van der Waals surface area contributed by atoms with E-state index in [0.717, 1.165) is 19.3 Å². The van der Waals surface area contributed by atoms with Crippen LogP contribution in [-0.4, -0.2) is 32.2 Å². The smallest absolute Gasteiger partial charge is 0.192 e. The monoisotopic (exact) mass is 362 g/mol. The van der Waals surface area contributed by atoms with Gasteiger partial charge in [-0.2, -0.15) is 0 Å². The fraction of sp³-hybridized carbons (Fsp3) is 0.619. The molecule has 1 aliphatic rings. The summed E-state index contributed by atoms with van der Waals surface area (Å²) in [5.41, 5.74) is 2.44. The van der Waals surface area contributed by atoms with E-state index in [0.29, 0.717) is 13.2 Å². The van der Waals surface area contributed by atoms with Crippen LogP contribution in [0.2, 0.25) is 18.1 Å². The van der Waals surface area contributed by atoms with Gasteiger partial charge in [-0.15, -0.1) is 0 Å². The topological polar surface area (TPSA) is 38.7 Å². The van der Waals surface area contributed by atoms with E-state index in [4.69, 9.17) is 9.16 Å². The molecule has 0 amide bonds. The molecule has 0 unspecified atom stereocenters. The van der Waals surface area contributed by atoms with Gasteiger partial charge in [0.15, 0.2) is 8.32 Å².